The summed E-state index contributed by atoms with van der Waals surface area (Å²) in [5.41, 5.74) is 4.60. The molecule has 0 aromatic heterocycles. The largest absolute Gasteiger partial charge is 0.481 e. The molecule has 0 bridgehead atoms. The Morgan fingerprint density at radius 2 is 1.96 bits per heavy atom. The Labute approximate surface area is 150 Å². The number of benzene rings is 2. The normalized spacial score (nSPS) is 12.6. The van der Waals surface area contributed by atoms with E-state index in [1.165, 1.54) is 0 Å². The third-order valence-corrected chi connectivity index (χ3v) is 4.93. The fourth-order valence-corrected chi connectivity index (χ4v) is 3.48. The summed E-state index contributed by atoms with van der Waals surface area (Å²) >= 11 is 1.56. The summed E-state index contributed by atoms with van der Waals surface area (Å²) < 4.78 is 5.37. The van der Waals surface area contributed by atoms with Crippen LogP contribution in [0, 0.1) is 0 Å². The molecule has 2 aromatic rings. The van der Waals surface area contributed by atoms with Crippen molar-refractivity contribution in [2.75, 3.05) is 11.1 Å². The number of nitrogens with one attached hydrogen (secondary N) is 1. The summed E-state index contributed by atoms with van der Waals surface area (Å²) in [7, 11) is 0. The molecular formula is C19H19NO4S. The smallest absolute Gasteiger partial charge is 0.304 e. The molecule has 2 N–H and O–H groups in total. The van der Waals surface area contributed by atoms with Crippen molar-refractivity contribution in [2.24, 2.45) is 0 Å². The number of fused-ring (bicyclic) bond motifs is 1. The van der Waals surface area contributed by atoms with Gasteiger partial charge in [-0.25, -0.2) is 0 Å². The van der Waals surface area contributed by atoms with E-state index in [9.17, 15) is 9.59 Å². The number of anilines is 1. The summed E-state index contributed by atoms with van der Waals surface area (Å²) in [6, 6.07) is 13.3. The standard InChI is InChI=1S/C19H19NO4S/c21-18(22)6-7-25-12-13-2-1-3-17(8-13)20-19(23)14-4-5-15-10-24-11-16(15)9-14/h1-5,8-9H,6-7,10-12H2,(H,20,23)(H,21,22). The van der Waals surface area contributed by atoms with Crippen molar-refractivity contribution in [2.45, 2.75) is 25.4 Å². The Balaban J connectivity index is 1.59. The van der Waals surface area contributed by atoms with E-state index in [2.05, 4.69) is 5.32 Å². The van der Waals surface area contributed by atoms with Crippen LogP contribution in [0.15, 0.2) is 42.5 Å². The summed E-state index contributed by atoms with van der Waals surface area (Å²) in [4.78, 5) is 23.0. The van der Waals surface area contributed by atoms with Crippen molar-refractivity contribution in [1.82, 2.24) is 0 Å². The second kappa shape index (κ2) is 8.18. The number of carbonyl (C=O) groups excluding carboxylic acids is 1. The van der Waals surface area contributed by atoms with Gasteiger partial charge in [0.25, 0.3) is 5.91 Å². The highest BCUT2D eigenvalue weighted by molar-refractivity contribution is 7.98. The molecule has 1 heterocycles. The van der Waals surface area contributed by atoms with E-state index < -0.39 is 5.97 Å². The van der Waals surface area contributed by atoms with E-state index in [-0.39, 0.29) is 12.3 Å². The van der Waals surface area contributed by atoms with Gasteiger partial charge in [0.15, 0.2) is 0 Å². The van der Waals surface area contributed by atoms with Crippen LogP contribution in [0.3, 0.4) is 0 Å². The molecule has 0 spiro atoms. The molecule has 0 radical (unpaired) electrons. The molecule has 0 atom stereocenters. The zero-order valence-corrected chi connectivity index (χ0v) is 14.5. The molecule has 3 rings (SSSR count). The van der Waals surface area contributed by atoms with Gasteiger partial charge in [-0.1, -0.05) is 18.2 Å². The van der Waals surface area contributed by atoms with Crippen LogP contribution in [-0.4, -0.2) is 22.7 Å². The van der Waals surface area contributed by atoms with E-state index >= 15 is 0 Å². The minimum Gasteiger partial charge on any atom is -0.481 e. The maximum atomic E-state index is 12.4. The SMILES string of the molecule is O=C(O)CCSCc1cccc(NC(=O)c2ccc3c(c2)COC3)c1. The Bertz CT molecular complexity index is 791. The lowest BCUT2D eigenvalue weighted by Gasteiger charge is -2.08. The van der Waals surface area contributed by atoms with Crippen molar-refractivity contribution in [1.29, 1.82) is 0 Å². The molecule has 1 aliphatic rings. The average Bonchev–Trinajstić information content (AvgIpc) is 3.06. The first-order chi connectivity index (χ1) is 12.1. The van der Waals surface area contributed by atoms with Gasteiger partial charge in [-0.2, -0.15) is 11.8 Å². The first-order valence-electron chi connectivity index (χ1n) is 8.01. The van der Waals surface area contributed by atoms with E-state index in [0.29, 0.717) is 30.3 Å². The zero-order chi connectivity index (χ0) is 17.6. The predicted molar refractivity (Wildman–Crippen MR) is 97.7 cm³/mol. The van der Waals surface area contributed by atoms with Crippen molar-refractivity contribution < 1.29 is 19.4 Å². The zero-order valence-electron chi connectivity index (χ0n) is 13.7. The highest BCUT2D eigenvalue weighted by Crippen LogP contribution is 2.22. The first kappa shape index (κ1) is 17.5. The van der Waals surface area contributed by atoms with Gasteiger partial charge in [0.1, 0.15) is 0 Å². The van der Waals surface area contributed by atoms with Gasteiger partial charge in [-0.3, -0.25) is 9.59 Å². The number of rotatable bonds is 7. The van der Waals surface area contributed by atoms with Crippen LogP contribution in [0.1, 0.15) is 33.5 Å². The first-order valence-corrected chi connectivity index (χ1v) is 9.16. The van der Waals surface area contributed by atoms with Gasteiger partial charge in [-0.15, -0.1) is 0 Å². The molecule has 0 aliphatic carbocycles. The molecule has 6 heteroatoms. The Hall–Kier alpha value is -2.31. The molecule has 2 aromatic carbocycles. The molecule has 1 amide bonds. The molecule has 25 heavy (non-hydrogen) atoms. The summed E-state index contributed by atoms with van der Waals surface area (Å²) in [6.07, 6.45) is 0.156. The third kappa shape index (κ3) is 4.84. The van der Waals surface area contributed by atoms with Crippen LogP contribution in [0.2, 0.25) is 0 Å². The third-order valence-electron chi connectivity index (χ3n) is 3.90. The summed E-state index contributed by atoms with van der Waals surface area (Å²) in [5, 5.41) is 11.6. The van der Waals surface area contributed by atoms with Crippen LogP contribution >= 0.6 is 11.8 Å². The lowest BCUT2D eigenvalue weighted by atomic mass is 10.1. The Kier molecular flexibility index (Phi) is 5.73. The van der Waals surface area contributed by atoms with Crippen LogP contribution in [0.5, 0.6) is 0 Å². The lowest BCUT2D eigenvalue weighted by Crippen LogP contribution is -2.12. The second-order valence-corrected chi connectivity index (χ2v) is 6.93. The fourth-order valence-electron chi connectivity index (χ4n) is 2.60. The number of hydrogen-bond acceptors (Lipinski definition) is 4. The van der Waals surface area contributed by atoms with Gasteiger partial charge in [0, 0.05) is 22.8 Å². The van der Waals surface area contributed by atoms with Gasteiger partial charge < -0.3 is 15.2 Å². The van der Waals surface area contributed by atoms with Crippen LogP contribution in [0.4, 0.5) is 5.69 Å². The predicted octanol–water partition coefficient (Wildman–Crippen LogP) is 3.68. The van der Waals surface area contributed by atoms with Gasteiger partial charge >= 0.3 is 5.97 Å². The highest BCUT2D eigenvalue weighted by Gasteiger charge is 2.14. The van der Waals surface area contributed by atoms with E-state index in [1.54, 1.807) is 11.8 Å². The van der Waals surface area contributed by atoms with Crippen molar-refractivity contribution in [3.8, 4) is 0 Å². The monoisotopic (exact) mass is 357 g/mol. The van der Waals surface area contributed by atoms with Crippen molar-refractivity contribution >= 4 is 29.3 Å². The Morgan fingerprint density at radius 1 is 1.12 bits per heavy atom. The molecule has 0 saturated carbocycles. The maximum Gasteiger partial charge on any atom is 0.304 e. The van der Waals surface area contributed by atoms with Gasteiger partial charge in [0.05, 0.1) is 19.6 Å². The number of hydrogen-bond donors (Lipinski definition) is 2. The van der Waals surface area contributed by atoms with Gasteiger partial charge in [-0.05, 0) is 41.0 Å². The minimum absolute atomic E-state index is 0.148. The number of ether oxygens (including phenoxy) is 1. The quantitative estimate of drug-likeness (QED) is 0.740. The molecule has 130 valence electrons. The molecular weight excluding hydrogens is 338 g/mol. The van der Waals surface area contributed by atoms with Crippen LogP contribution < -0.4 is 5.32 Å². The number of carboxylic acids is 1. The van der Waals surface area contributed by atoms with Gasteiger partial charge in [0.2, 0.25) is 0 Å². The molecule has 5 nitrogen and oxygen atoms in total. The maximum absolute atomic E-state index is 12.4. The molecule has 0 saturated heterocycles. The average molecular weight is 357 g/mol. The fraction of sp³-hybridized carbons (Fsp3) is 0.263. The summed E-state index contributed by atoms with van der Waals surface area (Å²) in [5.74, 6) is 0.356. The van der Waals surface area contributed by atoms with Crippen LogP contribution in [-0.2, 0) is 28.5 Å². The number of carbonyl (C=O) groups is 2. The van der Waals surface area contributed by atoms with Crippen LogP contribution in [0.25, 0.3) is 0 Å². The van der Waals surface area contributed by atoms with Crippen molar-refractivity contribution in [3.05, 3.63) is 64.7 Å². The minimum atomic E-state index is -0.784. The van der Waals surface area contributed by atoms with Crippen molar-refractivity contribution in [3.63, 3.8) is 0 Å². The van der Waals surface area contributed by atoms with E-state index in [4.69, 9.17) is 9.84 Å². The molecule has 0 unspecified atom stereocenters. The van der Waals surface area contributed by atoms with E-state index in [0.717, 1.165) is 22.4 Å². The molecule has 1 aliphatic heterocycles. The lowest BCUT2D eigenvalue weighted by molar-refractivity contribution is -0.136. The summed E-state index contributed by atoms with van der Waals surface area (Å²) in [6.45, 7) is 1.17. The van der Waals surface area contributed by atoms with E-state index in [1.807, 2.05) is 42.5 Å². The number of thioether (sulfide) groups is 1. The number of carboxylic acid groups (broad SMARTS) is 1. The highest BCUT2D eigenvalue weighted by atomic mass is 32.2. The Morgan fingerprint density at radius 3 is 2.80 bits per heavy atom. The molecule has 0 fully saturated rings. The number of aliphatic carboxylic acids is 1. The topological polar surface area (TPSA) is 75.6 Å². The second-order valence-electron chi connectivity index (χ2n) is 5.83. The number of amides is 1.